The molecule has 0 heterocycles. The van der Waals surface area contributed by atoms with Crippen LogP contribution in [0.25, 0.3) is 0 Å². The minimum atomic E-state index is -3.14. The van der Waals surface area contributed by atoms with Gasteiger partial charge in [0.15, 0.2) is 0 Å². The predicted octanol–water partition coefficient (Wildman–Crippen LogP) is 4.24. The van der Waals surface area contributed by atoms with E-state index < -0.39 is 19.3 Å². The first-order valence-electron chi connectivity index (χ1n) is 6.24. The highest BCUT2D eigenvalue weighted by Gasteiger charge is 2.18. The molecule has 6 nitrogen and oxygen atoms in total. The van der Waals surface area contributed by atoms with Crippen molar-refractivity contribution in [2.24, 2.45) is 0 Å². The number of benzene rings is 1. The number of halogens is 1. The molecule has 1 amide bonds. The van der Waals surface area contributed by atoms with Crippen molar-refractivity contribution in [1.82, 2.24) is 5.32 Å². The number of ether oxygens (including phenoxy) is 1. The summed E-state index contributed by atoms with van der Waals surface area (Å²) in [4.78, 5) is 11.5. The topological polar surface area (TPSA) is 73.9 Å². The number of carbonyl (C=O) groups excluding carboxylic acids is 1. The molecule has 0 aliphatic heterocycles. The van der Waals surface area contributed by atoms with E-state index in [1.807, 2.05) is 0 Å². The normalized spacial score (nSPS) is 14.1. The molecular weight excluding hydrogens is 361 g/mol. The van der Waals surface area contributed by atoms with Crippen molar-refractivity contribution in [3.8, 4) is 5.75 Å². The van der Waals surface area contributed by atoms with Gasteiger partial charge in [0.05, 0.1) is 6.66 Å². The summed E-state index contributed by atoms with van der Waals surface area (Å²) in [7, 11) is -3.14. The van der Waals surface area contributed by atoms with E-state index in [0.717, 1.165) is 5.56 Å². The summed E-state index contributed by atoms with van der Waals surface area (Å²) in [6.45, 7) is 7.07. The largest absolute Gasteiger partial charge is 0.444 e. The minimum Gasteiger partial charge on any atom is -0.444 e. The maximum atomic E-state index is 11.6. The molecule has 0 spiro atoms. The number of alkyl carbamates (subject to hydrolysis) is 1. The average molecular weight is 380 g/mol. The van der Waals surface area contributed by atoms with E-state index >= 15 is 0 Å². The Bertz CT molecular complexity index is 526. The van der Waals surface area contributed by atoms with Gasteiger partial charge in [-0.05, 0) is 38.5 Å². The maximum Gasteiger partial charge on any atom is 0.407 e. The summed E-state index contributed by atoms with van der Waals surface area (Å²) in [6.07, 6.45) is -0.478. The van der Waals surface area contributed by atoms with E-state index in [4.69, 9.17) is 9.26 Å². The van der Waals surface area contributed by atoms with Crippen LogP contribution in [-0.2, 0) is 19.5 Å². The van der Waals surface area contributed by atoms with Crippen LogP contribution >= 0.6 is 23.9 Å². The number of hydrogen-bond donors (Lipinski definition) is 1. The summed E-state index contributed by atoms with van der Waals surface area (Å²) in [5.41, 5.74) is 0.332. The molecule has 0 fully saturated rings. The molecule has 0 bridgehead atoms. The third-order valence-corrected chi connectivity index (χ3v) is 4.53. The molecule has 0 aliphatic carbocycles. The van der Waals surface area contributed by atoms with E-state index in [1.54, 1.807) is 45.0 Å². The van der Waals surface area contributed by atoms with Gasteiger partial charge in [-0.15, -0.1) is 0 Å². The Hall–Kier alpha value is -1.04. The van der Waals surface area contributed by atoms with Crippen molar-refractivity contribution in [2.45, 2.75) is 32.9 Å². The number of nitrogens with one attached hydrogen (secondary N) is 1. The van der Waals surface area contributed by atoms with Crippen LogP contribution in [0.3, 0.4) is 0 Å². The lowest BCUT2D eigenvalue weighted by atomic mass is 10.2. The molecule has 118 valence electrons. The molecular formula is C13H19BrNO5P. The van der Waals surface area contributed by atoms with Crippen LogP contribution in [-0.4, -0.2) is 18.4 Å². The van der Waals surface area contributed by atoms with Crippen molar-refractivity contribution in [2.75, 3.05) is 6.66 Å². The van der Waals surface area contributed by atoms with Crippen LogP contribution in [0.1, 0.15) is 26.3 Å². The van der Waals surface area contributed by atoms with Crippen LogP contribution in [0.15, 0.2) is 24.3 Å². The molecule has 1 rings (SSSR count). The Morgan fingerprint density at radius 2 is 1.86 bits per heavy atom. The number of amides is 1. The second-order valence-corrected chi connectivity index (χ2v) is 8.16. The Labute approximate surface area is 133 Å². The predicted molar refractivity (Wildman–Crippen MR) is 83.7 cm³/mol. The highest BCUT2D eigenvalue weighted by Crippen LogP contribution is 2.46. The monoisotopic (exact) mass is 379 g/mol. The van der Waals surface area contributed by atoms with Gasteiger partial charge in [0.1, 0.15) is 27.6 Å². The summed E-state index contributed by atoms with van der Waals surface area (Å²) in [6, 6.07) is 6.80. The quantitative estimate of drug-likeness (QED) is 0.774. The Balaban J connectivity index is 2.52. The number of hydrogen-bond acceptors (Lipinski definition) is 5. The average Bonchev–Trinajstić information content (AvgIpc) is 2.35. The van der Waals surface area contributed by atoms with E-state index in [2.05, 4.69) is 25.2 Å². The van der Waals surface area contributed by atoms with Gasteiger partial charge in [-0.2, -0.15) is 0 Å². The molecule has 0 radical (unpaired) electrons. The van der Waals surface area contributed by atoms with Crippen molar-refractivity contribution in [3.05, 3.63) is 29.8 Å². The minimum absolute atomic E-state index is 0.327. The van der Waals surface area contributed by atoms with E-state index in [-0.39, 0.29) is 0 Å². The highest BCUT2D eigenvalue weighted by atomic mass is 79.9. The van der Waals surface area contributed by atoms with Crippen molar-refractivity contribution < 1.29 is 22.2 Å². The molecule has 0 saturated heterocycles. The first-order valence-corrected chi connectivity index (χ1v) is 8.88. The molecule has 0 saturated carbocycles. The molecule has 21 heavy (non-hydrogen) atoms. The van der Waals surface area contributed by atoms with Gasteiger partial charge in [-0.1, -0.05) is 12.1 Å². The summed E-state index contributed by atoms with van der Waals surface area (Å²) in [5.74, 6) is 0.418. The lowest BCUT2D eigenvalue weighted by molar-refractivity contribution is 0.0523. The van der Waals surface area contributed by atoms with Crippen molar-refractivity contribution in [1.29, 1.82) is 0 Å². The van der Waals surface area contributed by atoms with Gasteiger partial charge in [0.25, 0.3) is 0 Å². The van der Waals surface area contributed by atoms with E-state index in [1.165, 1.54) is 6.66 Å². The molecule has 8 heteroatoms. The lowest BCUT2D eigenvalue weighted by Crippen LogP contribution is -2.32. The maximum absolute atomic E-state index is 11.6. The lowest BCUT2D eigenvalue weighted by Gasteiger charge is -2.19. The summed E-state index contributed by atoms with van der Waals surface area (Å²) >= 11 is 2.66. The first-order chi connectivity index (χ1) is 9.61. The zero-order valence-corrected chi connectivity index (χ0v) is 14.9. The fourth-order valence-electron chi connectivity index (χ4n) is 1.36. The van der Waals surface area contributed by atoms with Gasteiger partial charge in [-0.25, -0.2) is 13.0 Å². The fourth-order valence-corrected chi connectivity index (χ4v) is 2.07. The second kappa shape index (κ2) is 7.29. The first kappa shape index (κ1) is 18.0. The van der Waals surface area contributed by atoms with Crippen molar-refractivity contribution in [3.63, 3.8) is 0 Å². The Morgan fingerprint density at radius 3 is 2.33 bits per heavy atom. The SMILES string of the molecule is CC(C)(C)OC(=O)NCc1ccc(OP(C)(=O)OBr)cc1. The van der Waals surface area contributed by atoms with Gasteiger partial charge in [-0.3, -0.25) is 0 Å². The highest BCUT2D eigenvalue weighted by molar-refractivity contribution is 9.06. The summed E-state index contributed by atoms with van der Waals surface area (Å²) < 4.78 is 26.5. The molecule has 0 aliphatic rings. The van der Waals surface area contributed by atoms with E-state index in [9.17, 15) is 9.36 Å². The van der Waals surface area contributed by atoms with Crippen LogP contribution in [0.5, 0.6) is 5.75 Å². The number of carbonyl (C=O) groups is 1. The van der Waals surface area contributed by atoms with Gasteiger partial charge in [0.2, 0.25) is 0 Å². The molecule has 1 unspecified atom stereocenters. The van der Waals surface area contributed by atoms with Gasteiger partial charge < -0.3 is 14.6 Å². The Kier molecular flexibility index (Phi) is 6.25. The molecule has 1 aromatic rings. The molecule has 1 atom stereocenters. The third-order valence-electron chi connectivity index (χ3n) is 2.16. The van der Waals surface area contributed by atoms with Gasteiger partial charge in [0, 0.05) is 6.54 Å². The van der Waals surface area contributed by atoms with Crippen LogP contribution in [0.2, 0.25) is 0 Å². The zero-order chi connectivity index (χ0) is 16.1. The van der Waals surface area contributed by atoms with Crippen LogP contribution in [0, 0.1) is 0 Å². The fraction of sp³-hybridized carbons (Fsp3) is 0.462. The zero-order valence-electron chi connectivity index (χ0n) is 12.4. The van der Waals surface area contributed by atoms with E-state index in [0.29, 0.717) is 12.3 Å². The number of rotatable bonds is 5. The Morgan fingerprint density at radius 1 is 1.29 bits per heavy atom. The smallest absolute Gasteiger partial charge is 0.407 e. The molecule has 1 aromatic carbocycles. The second-order valence-electron chi connectivity index (χ2n) is 5.43. The van der Waals surface area contributed by atoms with Crippen LogP contribution < -0.4 is 9.84 Å². The standard InChI is InChI=1S/C13H19BrNO5P/c1-13(2,3)18-12(16)15-9-10-5-7-11(8-6-10)19-21(4,17)20-14/h5-8H,9H2,1-4H3,(H,15,16). The van der Waals surface area contributed by atoms with Gasteiger partial charge >= 0.3 is 13.7 Å². The molecule has 1 N–H and O–H groups in total. The van der Waals surface area contributed by atoms with Crippen LogP contribution in [0.4, 0.5) is 4.79 Å². The van der Waals surface area contributed by atoms with Crippen molar-refractivity contribution >= 4 is 29.9 Å². The third kappa shape index (κ3) is 7.50. The summed E-state index contributed by atoms with van der Waals surface area (Å²) in [5, 5.41) is 2.65. The molecule has 0 aromatic heterocycles.